The Morgan fingerprint density at radius 3 is 2.69 bits per heavy atom. The van der Waals surface area contributed by atoms with Gasteiger partial charge in [0.25, 0.3) is 0 Å². The minimum Gasteiger partial charge on any atom is -0.481 e. The molecule has 0 amide bonds. The highest BCUT2D eigenvalue weighted by atomic mass is 16.4. The SMILES string of the molecule is CCCCC(CC)(C(=O)O)C1CCCNC1. The number of piperidine rings is 1. The summed E-state index contributed by atoms with van der Waals surface area (Å²) in [5, 5.41) is 12.9. The fourth-order valence-electron chi connectivity index (χ4n) is 2.92. The first kappa shape index (κ1) is 13.5. The maximum absolute atomic E-state index is 11.6. The summed E-state index contributed by atoms with van der Waals surface area (Å²) in [7, 11) is 0. The van der Waals surface area contributed by atoms with E-state index in [4.69, 9.17) is 0 Å². The molecule has 0 radical (unpaired) electrons. The van der Waals surface area contributed by atoms with Gasteiger partial charge in [-0.15, -0.1) is 0 Å². The van der Waals surface area contributed by atoms with Gasteiger partial charge in [0.05, 0.1) is 5.41 Å². The minimum atomic E-state index is -0.586. The van der Waals surface area contributed by atoms with E-state index in [2.05, 4.69) is 12.2 Å². The molecule has 1 aliphatic rings. The predicted octanol–water partition coefficient (Wildman–Crippen LogP) is 2.66. The van der Waals surface area contributed by atoms with Crippen LogP contribution in [-0.4, -0.2) is 24.2 Å². The molecule has 0 aromatic rings. The van der Waals surface area contributed by atoms with E-state index >= 15 is 0 Å². The number of carbonyl (C=O) groups is 1. The van der Waals surface area contributed by atoms with Gasteiger partial charge in [-0.05, 0) is 44.7 Å². The summed E-state index contributed by atoms with van der Waals surface area (Å²) in [5.41, 5.74) is -0.483. The third-order valence-corrected chi connectivity index (χ3v) is 4.11. The van der Waals surface area contributed by atoms with Crippen LogP contribution < -0.4 is 5.32 Å². The second-order valence-corrected chi connectivity index (χ2v) is 4.96. The molecule has 1 rings (SSSR count). The van der Waals surface area contributed by atoms with Crippen molar-refractivity contribution in [3.63, 3.8) is 0 Å². The third-order valence-electron chi connectivity index (χ3n) is 4.11. The highest BCUT2D eigenvalue weighted by Crippen LogP contribution is 2.40. The normalized spacial score (nSPS) is 25.0. The fraction of sp³-hybridized carbons (Fsp3) is 0.923. The largest absolute Gasteiger partial charge is 0.481 e. The molecule has 1 aliphatic heterocycles. The standard InChI is InChI=1S/C13H25NO2/c1-3-5-8-13(4-2,12(15)16)11-7-6-9-14-10-11/h11,14H,3-10H2,1-2H3,(H,15,16). The number of hydrogen-bond donors (Lipinski definition) is 2. The highest BCUT2D eigenvalue weighted by molar-refractivity contribution is 5.75. The summed E-state index contributed by atoms with van der Waals surface area (Å²) in [5.74, 6) is -0.271. The van der Waals surface area contributed by atoms with Crippen LogP contribution in [-0.2, 0) is 4.79 Å². The molecule has 3 nitrogen and oxygen atoms in total. The van der Waals surface area contributed by atoms with Crippen LogP contribution in [0.5, 0.6) is 0 Å². The number of carboxylic acids is 1. The Labute approximate surface area is 98.6 Å². The van der Waals surface area contributed by atoms with Crippen LogP contribution >= 0.6 is 0 Å². The molecule has 2 N–H and O–H groups in total. The summed E-state index contributed by atoms with van der Waals surface area (Å²) in [4.78, 5) is 11.6. The molecule has 0 saturated carbocycles. The lowest BCUT2D eigenvalue weighted by Crippen LogP contribution is -2.45. The second kappa shape index (κ2) is 6.24. The van der Waals surface area contributed by atoms with Crippen LogP contribution in [0, 0.1) is 11.3 Å². The van der Waals surface area contributed by atoms with Crippen molar-refractivity contribution in [1.82, 2.24) is 5.32 Å². The van der Waals surface area contributed by atoms with Gasteiger partial charge in [-0.2, -0.15) is 0 Å². The lowest BCUT2D eigenvalue weighted by atomic mass is 9.67. The van der Waals surface area contributed by atoms with E-state index in [0.29, 0.717) is 5.92 Å². The average molecular weight is 227 g/mol. The van der Waals surface area contributed by atoms with Gasteiger partial charge in [0.15, 0.2) is 0 Å². The van der Waals surface area contributed by atoms with Crippen molar-refractivity contribution in [2.24, 2.45) is 11.3 Å². The van der Waals surface area contributed by atoms with E-state index < -0.39 is 11.4 Å². The van der Waals surface area contributed by atoms with Crippen LogP contribution in [0.25, 0.3) is 0 Å². The molecular weight excluding hydrogens is 202 g/mol. The third kappa shape index (κ3) is 2.76. The molecule has 1 heterocycles. The molecule has 16 heavy (non-hydrogen) atoms. The zero-order chi connectivity index (χ0) is 12.0. The van der Waals surface area contributed by atoms with E-state index in [9.17, 15) is 9.90 Å². The molecule has 2 atom stereocenters. The molecule has 0 aromatic heterocycles. The van der Waals surface area contributed by atoms with E-state index in [1.54, 1.807) is 0 Å². The Morgan fingerprint density at radius 1 is 1.50 bits per heavy atom. The summed E-state index contributed by atoms with van der Waals surface area (Å²) in [6.07, 6.45) is 5.88. The molecule has 1 saturated heterocycles. The summed E-state index contributed by atoms with van der Waals surface area (Å²) >= 11 is 0. The van der Waals surface area contributed by atoms with Crippen molar-refractivity contribution >= 4 is 5.97 Å². The zero-order valence-electron chi connectivity index (χ0n) is 10.6. The smallest absolute Gasteiger partial charge is 0.309 e. The Morgan fingerprint density at radius 2 is 2.25 bits per heavy atom. The number of rotatable bonds is 6. The lowest BCUT2D eigenvalue weighted by Gasteiger charge is -2.39. The molecule has 0 spiro atoms. The lowest BCUT2D eigenvalue weighted by molar-refractivity contribution is -0.154. The predicted molar refractivity (Wildman–Crippen MR) is 65.5 cm³/mol. The molecule has 2 unspecified atom stereocenters. The van der Waals surface area contributed by atoms with E-state index in [1.165, 1.54) is 0 Å². The molecule has 0 aliphatic carbocycles. The van der Waals surface area contributed by atoms with Crippen molar-refractivity contribution in [3.8, 4) is 0 Å². The van der Waals surface area contributed by atoms with Gasteiger partial charge in [0, 0.05) is 0 Å². The second-order valence-electron chi connectivity index (χ2n) is 4.96. The van der Waals surface area contributed by atoms with Gasteiger partial charge in [-0.1, -0.05) is 26.7 Å². The summed E-state index contributed by atoms with van der Waals surface area (Å²) in [6.45, 7) is 6.08. The first-order valence-corrected chi connectivity index (χ1v) is 6.61. The number of carboxylic acid groups (broad SMARTS) is 1. The first-order valence-electron chi connectivity index (χ1n) is 6.61. The molecule has 0 bridgehead atoms. The van der Waals surface area contributed by atoms with E-state index in [1.807, 2.05) is 6.92 Å². The van der Waals surface area contributed by atoms with E-state index in [0.717, 1.165) is 51.6 Å². The van der Waals surface area contributed by atoms with Crippen molar-refractivity contribution in [1.29, 1.82) is 0 Å². The van der Waals surface area contributed by atoms with Crippen molar-refractivity contribution in [2.75, 3.05) is 13.1 Å². The first-order chi connectivity index (χ1) is 7.67. The van der Waals surface area contributed by atoms with Gasteiger partial charge in [0.1, 0.15) is 0 Å². The van der Waals surface area contributed by atoms with Crippen molar-refractivity contribution < 1.29 is 9.90 Å². The highest BCUT2D eigenvalue weighted by Gasteiger charge is 2.43. The van der Waals surface area contributed by atoms with Crippen molar-refractivity contribution in [3.05, 3.63) is 0 Å². The van der Waals surface area contributed by atoms with Crippen LogP contribution in [0.3, 0.4) is 0 Å². The van der Waals surface area contributed by atoms with Crippen molar-refractivity contribution in [2.45, 2.75) is 52.4 Å². The molecule has 94 valence electrons. The molecule has 0 aromatic carbocycles. The van der Waals surface area contributed by atoms with Crippen LogP contribution in [0.2, 0.25) is 0 Å². The number of unbranched alkanes of at least 4 members (excludes halogenated alkanes) is 1. The Hall–Kier alpha value is -0.570. The molecule has 3 heteroatoms. The van der Waals surface area contributed by atoms with Gasteiger partial charge in [-0.3, -0.25) is 4.79 Å². The van der Waals surface area contributed by atoms with Crippen LogP contribution in [0.1, 0.15) is 52.4 Å². The maximum Gasteiger partial charge on any atom is 0.309 e. The van der Waals surface area contributed by atoms with E-state index in [-0.39, 0.29) is 0 Å². The summed E-state index contributed by atoms with van der Waals surface area (Å²) < 4.78 is 0. The number of hydrogen-bond acceptors (Lipinski definition) is 2. The van der Waals surface area contributed by atoms with Gasteiger partial charge < -0.3 is 10.4 Å². The fourth-order valence-corrected chi connectivity index (χ4v) is 2.92. The Balaban J connectivity index is 2.77. The molecular formula is C13H25NO2. The Bertz CT molecular complexity index is 224. The van der Waals surface area contributed by atoms with Crippen LogP contribution in [0.15, 0.2) is 0 Å². The maximum atomic E-state index is 11.6. The number of nitrogens with one attached hydrogen (secondary N) is 1. The monoisotopic (exact) mass is 227 g/mol. The minimum absolute atomic E-state index is 0.315. The van der Waals surface area contributed by atoms with Gasteiger partial charge in [-0.25, -0.2) is 0 Å². The zero-order valence-corrected chi connectivity index (χ0v) is 10.6. The van der Waals surface area contributed by atoms with Gasteiger partial charge >= 0.3 is 5.97 Å². The number of aliphatic carboxylic acids is 1. The summed E-state index contributed by atoms with van der Waals surface area (Å²) in [6, 6.07) is 0. The quantitative estimate of drug-likeness (QED) is 0.733. The average Bonchev–Trinajstić information content (AvgIpc) is 2.31. The topological polar surface area (TPSA) is 49.3 Å². The van der Waals surface area contributed by atoms with Crippen LogP contribution in [0.4, 0.5) is 0 Å². The van der Waals surface area contributed by atoms with Gasteiger partial charge in [0.2, 0.25) is 0 Å². The Kier molecular flexibility index (Phi) is 5.26. The molecule has 1 fully saturated rings.